The number of nitrogens with one attached hydrogen (secondary N) is 2. The van der Waals surface area contributed by atoms with Gasteiger partial charge in [0.1, 0.15) is 0 Å². The highest BCUT2D eigenvalue weighted by Gasteiger charge is 2.19. The van der Waals surface area contributed by atoms with Crippen LogP contribution in [0.3, 0.4) is 0 Å². The fourth-order valence-electron chi connectivity index (χ4n) is 1.52. The summed E-state index contributed by atoms with van der Waals surface area (Å²) < 4.78 is 48.9. The predicted molar refractivity (Wildman–Crippen MR) is 85.2 cm³/mol. The van der Waals surface area contributed by atoms with E-state index in [2.05, 4.69) is 4.98 Å². The third-order valence-corrected chi connectivity index (χ3v) is 5.30. The largest absolute Gasteiger partial charge is 0.308 e. The van der Waals surface area contributed by atoms with Gasteiger partial charge in [0.05, 0.1) is 11.1 Å². The Bertz CT molecular complexity index is 1010. The van der Waals surface area contributed by atoms with E-state index in [9.17, 15) is 21.6 Å². The molecule has 2 N–H and O–H groups in total. The number of nitrogens with zero attached hydrogens (tertiary/aromatic N) is 1. The Kier molecular flexibility index (Phi) is 4.71. The molecule has 0 aliphatic rings. The Morgan fingerprint density at radius 2 is 1.65 bits per heavy atom. The number of aromatic amines is 1. The lowest BCUT2D eigenvalue weighted by molar-refractivity contribution is 0.597. The molecule has 0 radical (unpaired) electrons. The first-order chi connectivity index (χ1) is 10.5. The second-order valence-electron chi connectivity index (χ2n) is 4.41. The molecular formula is C11H9Cl2N3O5S2. The van der Waals surface area contributed by atoms with Crippen LogP contribution in [0.2, 0.25) is 10.0 Å². The van der Waals surface area contributed by atoms with Crippen molar-refractivity contribution in [3.63, 3.8) is 0 Å². The van der Waals surface area contributed by atoms with Crippen LogP contribution >= 0.6 is 23.2 Å². The summed E-state index contributed by atoms with van der Waals surface area (Å²) in [4.78, 5) is 17.0. The summed E-state index contributed by atoms with van der Waals surface area (Å²) in [6.07, 6.45) is 1.71. The molecule has 0 atom stereocenters. The SMILES string of the molecule is CS(=O)(=O)c1cnc(NS(=O)(=O)c2cc(Cl)cc(Cl)c2)c(=O)[nH]1. The van der Waals surface area contributed by atoms with Gasteiger partial charge in [0.2, 0.25) is 5.82 Å². The number of hydrogen-bond donors (Lipinski definition) is 2. The Morgan fingerprint density at radius 3 is 2.13 bits per heavy atom. The number of sulfone groups is 1. The van der Waals surface area contributed by atoms with E-state index in [1.54, 1.807) is 0 Å². The Balaban J connectivity index is 2.44. The fraction of sp³-hybridized carbons (Fsp3) is 0.0909. The number of aromatic nitrogens is 2. The summed E-state index contributed by atoms with van der Waals surface area (Å²) in [6.45, 7) is 0. The molecule has 12 heteroatoms. The van der Waals surface area contributed by atoms with Gasteiger partial charge in [-0.1, -0.05) is 23.2 Å². The van der Waals surface area contributed by atoms with Crippen molar-refractivity contribution in [2.24, 2.45) is 0 Å². The number of benzene rings is 1. The molecule has 0 bridgehead atoms. The number of rotatable bonds is 4. The summed E-state index contributed by atoms with van der Waals surface area (Å²) >= 11 is 11.5. The van der Waals surface area contributed by atoms with Gasteiger partial charge in [0.15, 0.2) is 14.9 Å². The highest BCUT2D eigenvalue weighted by atomic mass is 35.5. The second-order valence-corrected chi connectivity index (χ2v) is 8.95. The van der Waals surface area contributed by atoms with Crippen LogP contribution in [0.1, 0.15) is 0 Å². The van der Waals surface area contributed by atoms with Crippen LogP contribution in [-0.4, -0.2) is 33.1 Å². The minimum atomic E-state index is -4.18. The maximum Gasteiger partial charge on any atom is 0.292 e. The zero-order valence-corrected chi connectivity index (χ0v) is 14.5. The van der Waals surface area contributed by atoms with Gasteiger partial charge in [0.25, 0.3) is 15.6 Å². The topological polar surface area (TPSA) is 126 Å². The van der Waals surface area contributed by atoms with Gasteiger partial charge in [-0.05, 0) is 18.2 Å². The van der Waals surface area contributed by atoms with E-state index < -0.39 is 36.3 Å². The molecule has 0 fully saturated rings. The molecule has 124 valence electrons. The van der Waals surface area contributed by atoms with Gasteiger partial charge in [-0.2, -0.15) is 0 Å². The molecular weight excluding hydrogens is 389 g/mol. The lowest BCUT2D eigenvalue weighted by Gasteiger charge is -2.08. The number of sulfonamides is 1. The average Bonchev–Trinajstić information content (AvgIpc) is 2.38. The van der Waals surface area contributed by atoms with Crippen molar-refractivity contribution < 1.29 is 16.8 Å². The van der Waals surface area contributed by atoms with Crippen molar-refractivity contribution in [3.05, 3.63) is 44.8 Å². The van der Waals surface area contributed by atoms with Gasteiger partial charge < -0.3 is 4.98 Å². The van der Waals surface area contributed by atoms with E-state index in [4.69, 9.17) is 23.2 Å². The van der Waals surface area contributed by atoms with E-state index in [0.29, 0.717) is 0 Å². The second kappa shape index (κ2) is 6.11. The Labute approximate surface area is 141 Å². The van der Waals surface area contributed by atoms with Crippen LogP contribution in [0.15, 0.2) is 39.1 Å². The summed E-state index contributed by atoms with van der Waals surface area (Å²) in [5.41, 5.74) is -1.01. The third kappa shape index (κ3) is 4.22. The standard InChI is InChI=1S/C11H9Cl2N3O5S2/c1-22(18,19)9-5-14-10(11(17)15-9)16-23(20,21)8-3-6(12)2-7(13)4-8/h2-5H,1H3,(H,14,16)(H,15,17). The van der Waals surface area contributed by atoms with Gasteiger partial charge >= 0.3 is 0 Å². The van der Waals surface area contributed by atoms with E-state index >= 15 is 0 Å². The molecule has 1 heterocycles. The minimum Gasteiger partial charge on any atom is -0.308 e. The quantitative estimate of drug-likeness (QED) is 0.799. The summed E-state index contributed by atoms with van der Waals surface area (Å²) in [5.74, 6) is -0.589. The maximum absolute atomic E-state index is 12.2. The summed E-state index contributed by atoms with van der Waals surface area (Å²) in [6, 6.07) is 3.61. The van der Waals surface area contributed by atoms with E-state index in [1.807, 2.05) is 9.71 Å². The summed E-state index contributed by atoms with van der Waals surface area (Å²) in [5, 5.41) is -0.254. The zero-order chi connectivity index (χ0) is 17.4. The maximum atomic E-state index is 12.2. The molecule has 23 heavy (non-hydrogen) atoms. The van der Waals surface area contributed by atoms with E-state index in [0.717, 1.165) is 24.6 Å². The molecule has 8 nitrogen and oxygen atoms in total. The van der Waals surface area contributed by atoms with Gasteiger partial charge in [-0.15, -0.1) is 0 Å². The first kappa shape index (κ1) is 17.7. The van der Waals surface area contributed by atoms with Crippen LogP contribution in [0.4, 0.5) is 5.82 Å². The van der Waals surface area contributed by atoms with E-state index in [1.165, 1.54) is 6.07 Å². The molecule has 0 aliphatic carbocycles. The van der Waals surface area contributed by atoms with Crippen molar-refractivity contribution >= 4 is 48.9 Å². The number of anilines is 1. The molecule has 0 saturated carbocycles. The predicted octanol–water partition coefficient (Wildman–Crippen LogP) is 1.28. The van der Waals surface area contributed by atoms with Crippen LogP contribution in [0, 0.1) is 0 Å². The molecule has 1 aromatic heterocycles. The number of halogens is 2. The van der Waals surface area contributed by atoms with Crippen LogP contribution in [-0.2, 0) is 19.9 Å². The molecule has 0 spiro atoms. The molecule has 2 rings (SSSR count). The number of H-pyrrole nitrogens is 1. The van der Waals surface area contributed by atoms with Gasteiger partial charge in [-0.25, -0.2) is 21.8 Å². The highest BCUT2D eigenvalue weighted by molar-refractivity contribution is 7.92. The van der Waals surface area contributed by atoms with Crippen LogP contribution < -0.4 is 10.3 Å². The van der Waals surface area contributed by atoms with Crippen LogP contribution in [0.5, 0.6) is 0 Å². The van der Waals surface area contributed by atoms with Crippen LogP contribution in [0.25, 0.3) is 0 Å². The molecule has 0 saturated heterocycles. The van der Waals surface area contributed by atoms with Gasteiger partial charge in [0, 0.05) is 16.3 Å². The smallest absolute Gasteiger partial charge is 0.292 e. The van der Waals surface area contributed by atoms with Crippen molar-refractivity contribution in [2.45, 2.75) is 9.92 Å². The molecule has 1 aromatic carbocycles. The molecule has 2 aromatic rings. The first-order valence-electron chi connectivity index (χ1n) is 5.77. The van der Waals surface area contributed by atoms with Crippen molar-refractivity contribution in [3.8, 4) is 0 Å². The van der Waals surface area contributed by atoms with Gasteiger partial charge in [-0.3, -0.25) is 9.52 Å². The fourth-order valence-corrected chi connectivity index (χ4v) is 3.78. The normalized spacial score (nSPS) is 12.1. The molecule has 0 aliphatic heterocycles. The van der Waals surface area contributed by atoms with E-state index in [-0.39, 0.29) is 14.9 Å². The summed E-state index contributed by atoms with van der Waals surface area (Å²) in [7, 11) is -7.86. The third-order valence-electron chi connectivity index (χ3n) is 2.54. The van der Waals surface area contributed by atoms with Crippen molar-refractivity contribution in [1.29, 1.82) is 0 Å². The molecule has 0 unspecified atom stereocenters. The first-order valence-corrected chi connectivity index (χ1v) is 9.90. The Morgan fingerprint density at radius 1 is 1.09 bits per heavy atom. The minimum absolute atomic E-state index is 0.0900. The molecule has 0 amide bonds. The zero-order valence-electron chi connectivity index (χ0n) is 11.4. The van der Waals surface area contributed by atoms with Crippen molar-refractivity contribution in [2.75, 3.05) is 11.0 Å². The Hall–Kier alpha value is -1.62. The lowest BCUT2D eigenvalue weighted by Crippen LogP contribution is -2.23. The van der Waals surface area contributed by atoms with Crippen molar-refractivity contribution in [1.82, 2.24) is 9.97 Å². The average molecular weight is 398 g/mol. The highest BCUT2D eigenvalue weighted by Crippen LogP contribution is 2.23. The number of hydrogen-bond acceptors (Lipinski definition) is 6. The monoisotopic (exact) mass is 397 g/mol. The lowest BCUT2D eigenvalue weighted by atomic mass is 10.4.